The summed E-state index contributed by atoms with van der Waals surface area (Å²) >= 11 is 0. The summed E-state index contributed by atoms with van der Waals surface area (Å²) in [5.41, 5.74) is 6.21. The van der Waals surface area contributed by atoms with Crippen molar-refractivity contribution >= 4 is 6.29 Å². The number of carbonyl (C=O) groups is 1. The predicted octanol–water partition coefficient (Wildman–Crippen LogP) is 4.62. The number of benzene rings is 2. The Labute approximate surface area is 155 Å². The zero-order chi connectivity index (χ0) is 18.9. The van der Waals surface area contributed by atoms with Gasteiger partial charge in [-0.2, -0.15) is 0 Å². The molecule has 138 valence electrons. The number of aldehydes is 1. The zero-order valence-electron chi connectivity index (χ0n) is 16.1. The van der Waals surface area contributed by atoms with Crippen molar-refractivity contribution in [1.82, 2.24) is 0 Å². The number of aryl methyl sites for hydroxylation is 2. The van der Waals surface area contributed by atoms with Crippen LogP contribution in [-0.4, -0.2) is 31.4 Å². The number of hydrogen-bond donors (Lipinski definition) is 0. The predicted molar refractivity (Wildman–Crippen MR) is 102 cm³/mol. The molecule has 1 aliphatic rings. The standard InChI is InChI=1S/C22H26O4/c1-14-9-18(24-12-19-13-25-22(4,5)26-19)10-15(2)21(14)20-8-6-7-17(11-23)16(20)3/h6-11,19H,12-13H2,1-5H3/t19-/m1/s1. The zero-order valence-corrected chi connectivity index (χ0v) is 16.1. The maximum absolute atomic E-state index is 11.2. The van der Waals surface area contributed by atoms with Crippen LogP contribution < -0.4 is 4.74 Å². The van der Waals surface area contributed by atoms with Gasteiger partial charge in [-0.15, -0.1) is 0 Å². The van der Waals surface area contributed by atoms with Gasteiger partial charge in [-0.1, -0.05) is 18.2 Å². The molecule has 0 bridgehead atoms. The molecule has 0 radical (unpaired) electrons. The molecule has 3 rings (SSSR count). The quantitative estimate of drug-likeness (QED) is 0.735. The molecule has 0 aliphatic carbocycles. The van der Waals surface area contributed by atoms with Crippen molar-refractivity contribution in [3.05, 3.63) is 52.6 Å². The van der Waals surface area contributed by atoms with Gasteiger partial charge in [-0.05, 0) is 74.6 Å². The number of hydrogen-bond acceptors (Lipinski definition) is 4. The smallest absolute Gasteiger partial charge is 0.163 e. The van der Waals surface area contributed by atoms with E-state index in [0.29, 0.717) is 13.2 Å². The maximum Gasteiger partial charge on any atom is 0.163 e. The van der Waals surface area contributed by atoms with Gasteiger partial charge in [0.05, 0.1) is 6.61 Å². The molecule has 1 atom stereocenters. The van der Waals surface area contributed by atoms with Crippen molar-refractivity contribution in [1.29, 1.82) is 0 Å². The SMILES string of the molecule is Cc1cc(OC[C@@H]2COC(C)(C)O2)cc(C)c1-c1cccc(C=O)c1C. The molecule has 0 saturated carbocycles. The number of rotatable bonds is 5. The Kier molecular flexibility index (Phi) is 5.17. The first-order valence-electron chi connectivity index (χ1n) is 8.92. The Hall–Kier alpha value is -2.17. The van der Waals surface area contributed by atoms with Crippen LogP contribution >= 0.6 is 0 Å². The molecule has 2 aromatic rings. The van der Waals surface area contributed by atoms with Crippen molar-refractivity contribution in [2.75, 3.05) is 13.2 Å². The second kappa shape index (κ2) is 7.22. The van der Waals surface area contributed by atoms with Crippen LogP contribution in [0.1, 0.15) is 40.9 Å². The lowest BCUT2D eigenvalue weighted by molar-refractivity contribution is -0.141. The van der Waals surface area contributed by atoms with Crippen LogP contribution in [0.25, 0.3) is 11.1 Å². The maximum atomic E-state index is 11.2. The fourth-order valence-electron chi connectivity index (χ4n) is 3.52. The third-order valence-electron chi connectivity index (χ3n) is 4.78. The molecular formula is C22H26O4. The highest BCUT2D eigenvalue weighted by molar-refractivity contribution is 5.84. The first-order valence-corrected chi connectivity index (χ1v) is 8.92. The molecule has 4 nitrogen and oxygen atoms in total. The molecule has 0 spiro atoms. The van der Waals surface area contributed by atoms with Crippen molar-refractivity contribution in [3.63, 3.8) is 0 Å². The fraction of sp³-hybridized carbons (Fsp3) is 0.409. The lowest BCUT2D eigenvalue weighted by atomic mass is 9.90. The van der Waals surface area contributed by atoms with Crippen molar-refractivity contribution < 1.29 is 19.0 Å². The third-order valence-corrected chi connectivity index (χ3v) is 4.78. The molecule has 1 fully saturated rings. The summed E-state index contributed by atoms with van der Waals surface area (Å²) in [5.74, 6) is 0.284. The Morgan fingerprint density at radius 2 is 1.88 bits per heavy atom. The van der Waals surface area contributed by atoms with Crippen molar-refractivity contribution in [2.24, 2.45) is 0 Å². The van der Waals surface area contributed by atoms with Gasteiger partial charge in [-0.3, -0.25) is 4.79 Å². The van der Waals surface area contributed by atoms with Gasteiger partial charge in [0.15, 0.2) is 5.79 Å². The average molecular weight is 354 g/mol. The molecule has 0 aromatic heterocycles. The minimum absolute atomic E-state index is 0.0585. The molecule has 0 unspecified atom stereocenters. The van der Waals surface area contributed by atoms with Crippen LogP contribution in [0.3, 0.4) is 0 Å². The van der Waals surface area contributed by atoms with Crippen molar-refractivity contribution in [2.45, 2.75) is 46.5 Å². The molecule has 0 N–H and O–H groups in total. The first kappa shape index (κ1) is 18.6. The van der Waals surface area contributed by atoms with Crippen LogP contribution in [0, 0.1) is 20.8 Å². The monoisotopic (exact) mass is 354 g/mol. The van der Waals surface area contributed by atoms with Gasteiger partial charge in [0, 0.05) is 5.56 Å². The Morgan fingerprint density at radius 1 is 1.19 bits per heavy atom. The van der Waals surface area contributed by atoms with Gasteiger partial charge in [0.25, 0.3) is 0 Å². The van der Waals surface area contributed by atoms with Gasteiger partial charge in [0.2, 0.25) is 0 Å². The fourth-order valence-corrected chi connectivity index (χ4v) is 3.52. The Balaban J connectivity index is 1.82. The number of carbonyl (C=O) groups excluding carboxylic acids is 1. The van der Waals surface area contributed by atoms with Crippen LogP contribution in [0.2, 0.25) is 0 Å². The average Bonchev–Trinajstić information content (AvgIpc) is 2.93. The van der Waals surface area contributed by atoms with E-state index >= 15 is 0 Å². The molecule has 26 heavy (non-hydrogen) atoms. The molecular weight excluding hydrogens is 328 g/mol. The molecule has 1 heterocycles. The van der Waals surface area contributed by atoms with E-state index in [-0.39, 0.29) is 6.10 Å². The van der Waals surface area contributed by atoms with Crippen LogP contribution in [-0.2, 0) is 9.47 Å². The van der Waals surface area contributed by atoms with E-state index in [1.165, 1.54) is 0 Å². The minimum atomic E-state index is -0.537. The van der Waals surface area contributed by atoms with E-state index in [9.17, 15) is 4.79 Å². The van der Waals surface area contributed by atoms with Gasteiger partial charge >= 0.3 is 0 Å². The first-order chi connectivity index (χ1) is 12.3. The van der Waals surface area contributed by atoms with Gasteiger partial charge < -0.3 is 14.2 Å². The van der Waals surface area contributed by atoms with Crippen LogP contribution in [0.4, 0.5) is 0 Å². The summed E-state index contributed by atoms with van der Waals surface area (Å²) < 4.78 is 17.3. The summed E-state index contributed by atoms with van der Waals surface area (Å²) in [6.45, 7) is 10.9. The second-order valence-corrected chi connectivity index (χ2v) is 7.33. The summed E-state index contributed by atoms with van der Waals surface area (Å²) in [7, 11) is 0. The lowest BCUT2D eigenvalue weighted by Gasteiger charge is -2.19. The number of ether oxygens (including phenoxy) is 3. The van der Waals surface area contributed by atoms with Gasteiger partial charge in [-0.25, -0.2) is 0 Å². The molecule has 1 saturated heterocycles. The minimum Gasteiger partial charge on any atom is -0.491 e. The van der Waals surface area contributed by atoms with E-state index in [4.69, 9.17) is 14.2 Å². The van der Waals surface area contributed by atoms with Gasteiger partial charge in [0.1, 0.15) is 24.7 Å². The molecule has 0 amide bonds. The molecule has 2 aromatic carbocycles. The van der Waals surface area contributed by atoms with E-state index in [1.807, 2.05) is 45.0 Å². The largest absolute Gasteiger partial charge is 0.491 e. The van der Waals surface area contributed by atoms with E-state index in [0.717, 1.165) is 45.4 Å². The van der Waals surface area contributed by atoms with E-state index < -0.39 is 5.79 Å². The normalized spacial score (nSPS) is 18.7. The van der Waals surface area contributed by atoms with E-state index in [1.54, 1.807) is 0 Å². The topological polar surface area (TPSA) is 44.8 Å². The summed E-state index contributed by atoms with van der Waals surface area (Å²) in [6, 6.07) is 9.91. The van der Waals surface area contributed by atoms with Crippen molar-refractivity contribution in [3.8, 4) is 16.9 Å². The lowest BCUT2D eigenvalue weighted by Crippen LogP contribution is -2.25. The highest BCUT2D eigenvalue weighted by atomic mass is 16.7. The molecule has 4 heteroatoms. The summed E-state index contributed by atoms with van der Waals surface area (Å²) in [6.07, 6.45) is 0.850. The Bertz CT molecular complexity index is 800. The highest BCUT2D eigenvalue weighted by Gasteiger charge is 2.33. The second-order valence-electron chi connectivity index (χ2n) is 7.33. The van der Waals surface area contributed by atoms with Crippen LogP contribution in [0.15, 0.2) is 30.3 Å². The Morgan fingerprint density at radius 3 is 2.46 bits per heavy atom. The summed E-state index contributed by atoms with van der Waals surface area (Å²) in [4.78, 5) is 11.2. The highest BCUT2D eigenvalue weighted by Crippen LogP contribution is 2.34. The third kappa shape index (κ3) is 3.81. The molecule has 1 aliphatic heterocycles. The summed E-state index contributed by atoms with van der Waals surface area (Å²) in [5, 5.41) is 0. The van der Waals surface area contributed by atoms with E-state index in [2.05, 4.69) is 19.9 Å². The van der Waals surface area contributed by atoms with Crippen LogP contribution in [0.5, 0.6) is 5.75 Å².